The molecule has 1 aliphatic carbocycles. The number of ketones is 1. The lowest BCUT2D eigenvalue weighted by Gasteiger charge is -2.26. The number of hydrogen-bond donors (Lipinski definition) is 1. The van der Waals surface area contributed by atoms with Crippen LogP contribution in [0.4, 0.5) is 0 Å². The van der Waals surface area contributed by atoms with Gasteiger partial charge in [-0.05, 0) is 67.0 Å². The van der Waals surface area contributed by atoms with E-state index in [1.54, 1.807) is 24.3 Å². The predicted molar refractivity (Wildman–Crippen MR) is 129 cm³/mol. The number of morpholine rings is 1. The monoisotopic (exact) mass is 484 g/mol. The Kier molecular flexibility index (Phi) is 8.13. The molecule has 0 unspecified atom stereocenters. The summed E-state index contributed by atoms with van der Waals surface area (Å²) in [6.07, 6.45) is 5.42. The van der Waals surface area contributed by atoms with Crippen LogP contribution in [0.25, 0.3) is 0 Å². The summed E-state index contributed by atoms with van der Waals surface area (Å²) in [6, 6.07) is 12.7. The molecule has 0 spiro atoms. The summed E-state index contributed by atoms with van der Waals surface area (Å²) >= 11 is 0. The summed E-state index contributed by atoms with van der Waals surface area (Å²) < 4.78 is 32.0. The van der Waals surface area contributed by atoms with Crippen LogP contribution >= 0.6 is 0 Å². The third kappa shape index (κ3) is 6.11. The number of rotatable bonds is 9. The van der Waals surface area contributed by atoms with Gasteiger partial charge in [0.25, 0.3) is 0 Å². The van der Waals surface area contributed by atoms with Crippen LogP contribution in [0.5, 0.6) is 0 Å². The number of aryl methyl sites for hydroxylation is 2. The van der Waals surface area contributed by atoms with Crippen molar-refractivity contribution in [2.45, 2.75) is 49.8 Å². The predicted octanol–water partition coefficient (Wildman–Crippen LogP) is 2.91. The number of sulfonamides is 1. The SMILES string of the molecule is O=C(CCC(=O)c1ccc2c(c1)CCCC2)NCCc1ccc(S(=O)(=O)N2CCOCC2)cc1. The molecule has 2 aliphatic rings. The van der Waals surface area contributed by atoms with Crippen molar-refractivity contribution in [2.24, 2.45) is 0 Å². The van der Waals surface area contributed by atoms with Crippen molar-refractivity contribution < 1.29 is 22.7 Å². The number of amides is 1. The van der Waals surface area contributed by atoms with Gasteiger partial charge in [0.05, 0.1) is 18.1 Å². The standard InChI is InChI=1S/C26H32N2O5S/c29-25(23-8-7-21-3-1-2-4-22(21)19-23)11-12-26(30)27-14-13-20-5-9-24(10-6-20)34(31,32)28-15-17-33-18-16-28/h5-10,19H,1-4,11-18H2,(H,27,30). The van der Waals surface area contributed by atoms with Crippen molar-refractivity contribution >= 4 is 21.7 Å². The van der Waals surface area contributed by atoms with Gasteiger partial charge in [-0.2, -0.15) is 4.31 Å². The number of carbonyl (C=O) groups is 2. The van der Waals surface area contributed by atoms with Gasteiger partial charge in [0, 0.05) is 38.0 Å². The van der Waals surface area contributed by atoms with Crippen LogP contribution in [0.15, 0.2) is 47.4 Å². The van der Waals surface area contributed by atoms with Gasteiger partial charge in [0.15, 0.2) is 5.78 Å². The minimum absolute atomic E-state index is 0.000546. The topological polar surface area (TPSA) is 92.8 Å². The van der Waals surface area contributed by atoms with Gasteiger partial charge in [-0.25, -0.2) is 8.42 Å². The van der Waals surface area contributed by atoms with Gasteiger partial charge in [-0.3, -0.25) is 9.59 Å². The number of nitrogens with one attached hydrogen (secondary N) is 1. The zero-order valence-electron chi connectivity index (χ0n) is 19.4. The van der Waals surface area contributed by atoms with Gasteiger partial charge in [0.2, 0.25) is 15.9 Å². The molecule has 7 nitrogen and oxygen atoms in total. The third-order valence-corrected chi connectivity index (χ3v) is 8.43. The molecule has 34 heavy (non-hydrogen) atoms. The van der Waals surface area contributed by atoms with Crippen molar-refractivity contribution in [3.05, 3.63) is 64.7 Å². The fourth-order valence-electron chi connectivity index (χ4n) is 4.48. The largest absolute Gasteiger partial charge is 0.379 e. The minimum Gasteiger partial charge on any atom is -0.379 e. The highest BCUT2D eigenvalue weighted by molar-refractivity contribution is 7.89. The molecule has 1 heterocycles. The molecule has 2 aromatic carbocycles. The molecule has 0 radical (unpaired) electrons. The fourth-order valence-corrected chi connectivity index (χ4v) is 5.88. The number of Topliss-reactive ketones (excluding diaryl/α,β-unsaturated/α-hetero) is 1. The van der Waals surface area contributed by atoms with Crippen LogP contribution in [0, 0.1) is 0 Å². The first-order chi connectivity index (χ1) is 16.4. The van der Waals surface area contributed by atoms with Crippen molar-refractivity contribution in [1.29, 1.82) is 0 Å². The number of carbonyl (C=O) groups excluding carboxylic acids is 2. The first-order valence-corrected chi connectivity index (χ1v) is 13.5. The molecule has 0 atom stereocenters. The summed E-state index contributed by atoms with van der Waals surface area (Å²) in [5.74, 6) is -0.154. The molecular formula is C26H32N2O5S. The van der Waals surface area contributed by atoms with E-state index in [0.717, 1.165) is 18.4 Å². The van der Waals surface area contributed by atoms with Crippen molar-refractivity contribution in [2.75, 3.05) is 32.8 Å². The molecule has 1 saturated heterocycles. The van der Waals surface area contributed by atoms with Crippen molar-refractivity contribution in [1.82, 2.24) is 9.62 Å². The van der Waals surface area contributed by atoms with E-state index in [1.807, 2.05) is 12.1 Å². The summed E-state index contributed by atoms with van der Waals surface area (Å²) in [7, 11) is -3.50. The average molecular weight is 485 g/mol. The van der Waals surface area contributed by atoms with E-state index in [1.165, 1.54) is 28.3 Å². The normalized spacial score (nSPS) is 16.6. The Morgan fingerprint density at radius 3 is 2.35 bits per heavy atom. The van der Waals surface area contributed by atoms with Crippen molar-refractivity contribution in [3.63, 3.8) is 0 Å². The summed E-state index contributed by atoms with van der Waals surface area (Å²) in [6.45, 7) is 1.99. The molecule has 1 amide bonds. The Labute approximate surface area is 201 Å². The number of ether oxygens (including phenoxy) is 1. The second kappa shape index (κ2) is 11.3. The van der Waals surface area contributed by atoms with E-state index in [4.69, 9.17) is 4.74 Å². The van der Waals surface area contributed by atoms with E-state index in [0.29, 0.717) is 44.8 Å². The maximum atomic E-state index is 12.7. The zero-order chi connectivity index (χ0) is 24.0. The van der Waals surface area contributed by atoms with E-state index in [2.05, 4.69) is 11.4 Å². The molecule has 1 N–H and O–H groups in total. The quantitative estimate of drug-likeness (QED) is 0.553. The lowest BCUT2D eigenvalue weighted by molar-refractivity contribution is -0.121. The second-order valence-electron chi connectivity index (χ2n) is 8.87. The third-order valence-electron chi connectivity index (χ3n) is 6.52. The summed E-state index contributed by atoms with van der Waals surface area (Å²) in [5.41, 5.74) is 4.24. The van der Waals surface area contributed by atoms with Crippen LogP contribution < -0.4 is 5.32 Å². The lowest BCUT2D eigenvalue weighted by Crippen LogP contribution is -2.40. The molecule has 1 fully saturated rings. The highest BCUT2D eigenvalue weighted by Gasteiger charge is 2.26. The maximum absolute atomic E-state index is 12.7. The van der Waals surface area contributed by atoms with E-state index >= 15 is 0 Å². The Balaban J connectivity index is 1.20. The van der Waals surface area contributed by atoms with Gasteiger partial charge in [-0.1, -0.05) is 24.3 Å². The molecule has 8 heteroatoms. The molecule has 2 aromatic rings. The van der Waals surface area contributed by atoms with E-state index in [9.17, 15) is 18.0 Å². The average Bonchev–Trinajstić information content (AvgIpc) is 2.88. The first-order valence-electron chi connectivity index (χ1n) is 12.0. The summed E-state index contributed by atoms with van der Waals surface area (Å²) in [4.78, 5) is 25.0. The van der Waals surface area contributed by atoms with Crippen molar-refractivity contribution in [3.8, 4) is 0 Å². The molecule has 1 aliphatic heterocycles. The Morgan fingerprint density at radius 2 is 1.62 bits per heavy atom. The molecule has 4 rings (SSSR count). The highest BCUT2D eigenvalue weighted by atomic mass is 32.2. The van der Waals surface area contributed by atoms with Crippen LogP contribution in [-0.4, -0.2) is 57.3 Å². The van der Waals surface area contributed by atoms with E-state index in [-0.39, 0.29) is 29.4 Å². The van der Waals surface area contributed by atoms with Crippen LogP contribution in [0.3, 0.4) is 0 Å². The second-order valence-corrected chi connectivity index (χ2v) is 10.8. The Morgan fingerprint density at radius 1 is 0.912 bits per heavy atom. The van der Waals surface area contributed by atoms with Gasteiger partial charge >= 0.3 is 0 Å². The highest BCUT2D eigenvalue weighted by Crippen LogP contribution is 2.23. The smallest absolute Gasteiger partial charge is 0.243 e. The Bertz CT molecular complexity index is 1120. The Hall–Kier alpha value is -2.55. The van der Waals surface area contributed by atoms with Crippen LogP contribution in [0.1, 0.15) is 52.7 Å². The zero-order valence-corrected chi connectivity index (χ0v) is 20.2. The summed E-state index contributed by atoms with van der Waals surface area (Å²) in [5, 5.41) is 2.85. The molecule has 0 aromatic heterocycles. The van der Waals surface area contributed by atoms with Crippen LogP contribution in [0.2, 0.25) is 0 Å². The molecular weight excluding hydrogens is 452 g/mol. The van der Waals surface area contributed by atoms with Gasteiger partial charge < -0.3 is 10.1 Å². The van der Waals surface area contributed by atoms with Crippen LogP contribution in [-0.2, 0) is 38.8 Å². The first kappa shape index (κ1) is 24.6. The number of fused-ring (bicyclic) bond motifs is 1. The van der Waals surface area contributed by atoms with E-state index < -0.39 is 10.0 Å². The minimum atomic E-state index is -3.50. The van der Waals surface area contributed by atoms with Gasteiger partial charge in [-0.15, -0.1) is 0 Å². The fraction of sp³-hybridized carbons (Fsp3) is 0.462. The molecule has 0 bridgehead atoms. The number of nitrogens with zero attached hydrogens (tertiary/aromatic N) is 1. The van der Waals surface area contributed by atoms with Gasteiger partial charge in [0.1, 0.15) is 0 Å². The maximum Gasteiger partial charge on any atom is 0.243 e. The molecule has 0 saturated carbocycles. The molecule has 182 valence electrons. The number of benzene rings is 2. The lowest BCUT2D eigenvalue weighted by atomic mass is 9.89. The number of hydrogen-bond acceptors (Lipinski definition) is 5.